The highest BCUT2D eigenvalue weighted by molar-refractivity contribution is 7.99. The number of hydrogen-bond donors (Lipinski definition) is 1. The Bertz CT molecular complexity index is 963. The molecule has 7 nitrogen and oxygen atoms in total. The second-order valence-corrected chi connectivity index (χ2v) is 8.03. The molecule has 0 aliphatic rings. The molecule has 0 aliphatic carbocycles. The lowest BCUT2D eigenvalue weighted by atomic mass is 9.87. The molecule has 2 amide bonds. The lowest BCUT2D eigenvalue weighted by Gasteiger charge is -2.18. The van der Waals surface area contributed by atoms with Crippen molar-refractivity contribution in [3.8, 4) is 11.5 Å². The standard InChI is InChI=1S/C20H20N4O3S/c1-20(2,3)15-8-6-13(7-9-15)17(26)22-16(25)12-28-19-24-23-18(27-19)14-5-4-10-21-11-14/h4-11H,12H2,1-3H3,(H,22,25,26). The summed E-state index contributed by atoms with van der Waals surface area (Å²) < 4.78 is 5.49. The van der Waals surface area contributed by atoms with Crippen molar-refractivity contribution in [2.75, 3.05) is 5.75 Å². The van der Waals surface area contributed by atoms with Crippen LogP contribution in [-0.2, 0) is 10.2 Å². The summed E-state index contributed by atoms with van der Waals surface area (Å²) in [7, 11) is 0. The number of thioether (sulfide) groups is 1. The van der Waals surface area contributed by atoms with Gasteiger partial charge in [0, 0.05) is 18.0 Å². The maximum absolute atomic E-state index is 12.2. The third kappa shape index (κ3) is 5.04. The van der Waals surface area contributed by atoms with E-state index in [0.29, 0.717) is 17.0 Å². The lowest BCUT2D eigenvalue weighted by Crippen LogP contribution is -2.31. The van der Waals surface area contributed by atoms with Crippen molar-refractivity contribution in [2.45, 2.75) is 31.4 Å². The molecule has 0 fully saturated rings. The van der Waals surface area contributed by atoms with Crippen molar-refractivity contribution >= 4 is 23.6 Å². The van der Waals surface area contributed by atoms with Crippen molar-refractivity contribution in [3.63, 3.8) is 0 Å². The van der Waals surface area contributed by atoms with E-state index in [1.165, 1.54) is 0 Å². The average Bonchev–Trinajstić information content (AvgIpc) is 3.15. The summed E-state index contributed by atoms with van der Waals surface area (Å²) >= 11 is 1.06. The number of nitrogens with zero attached hydrogens (tertiary/aromatic N) is 3. The van der Waals surface area contributed by atoms with E-state index >= 15 is 0 Å². The molecule has 0 saturated heterocycles. The van der Waals surface area contributed by atoms with Gasteiger partial charge in [0.05, 0.1) is 11.3 Å². The molecule has 28 heavy (non-hydrogen) atoms. The molecule has 2 heterocycles. The van der Waals surface area contributed by atoms with Gasteiger partial charge < -0.3 is 4.42 Å². The predicted octanol–water partition coefficient (Wildman–Crippen LogP) is 3.48. The molecule has 0 atom stereocenters. The maximum atomic E-state index is 12.2. The molecule has 2 aromatic heterocycles. The van der Waals surface area contributed by atoms with Crippen LogP contribution in [0.15, 0.2) is 58.4 Å². The molecule has 0 bridgehead atoms. The van der Waals surface area contributed by atoms with Crippen LogP contribution in [0, 0.1) is 0 Å². The first kappa shape index (κ1) is 19.8. The highest BCUT2D eigenvalue weighted by Gasteiger charge is 2.16. The molecule has 1 aromatic carbocycles. The zero-order valence-electron chi connectivity index (χ0n) is 15.8. The van der Waals surface area contributed by atoms with Crippen molar-refractivity contribution in [1.29, 1.82) is 0 Å². The van der Waals surface area contributed by atoms with Gasteiger partial charge in [-0.05, 0) is 35.2 Å². The summed E-state index contributed by atoms with van der Waals surface area (Å²) in [6.45, 7) is 6.29. The largest absolute Gasteiger partial charge is 0.411 e. The normalized spacial score (nSPS) is 11.2. The molecular formula is C20H20N4O3S. The van der Waals surface area contributed by atoms with Crippen LogP contribution in [0.1, 0.15) is 36.7 Å². The van der Waals surface area contributed by atoms with Crippen LogP contribution in [0.25, 0.3) is 11.5 Å². The molecule has 3 aromatic rings. The fourth-order valence-electron chi connectivity index (χ4n) is 2.36. The van der Waals surface area contributed by atoms with E-state index < -0.39 is 11.8 Å². The van der Waals surface area contributed by atoms with Gasteiger partial charge in [0.25, 0.3) is 11.1 Å². The van der Waals surface area contributed by atoms with Gasteiger partial charge in [-0.1, -0.05) is 44.7 Å². The minimum absolute atomic E-state index is 0.000206. The summed E-state index contributed by atoms with van der Waals surface area (Å²) in [4.78, 5) is 28.3. The van der Waals surface area contributed by atoms with E-state index in [9.17, 15) is 9.59 Å². The number of nitrogens with one attached hydrogen (secondary N) is 1. The molecule has 0 spiro atoms. The monoisotopic (exact) mass is 396 g/mol. The Balaban J connectivity index is 1.53. The summed E-state index contributed by atoms with van der Waals surface area (Å²) in [5.41, 5.74) is 2.25. The van der Waals surface area contributed by atoms with Gasteiger partial charge in [0.15, 0.2) is 0 Å². The molecule has 0 saturated carbocycles. The number of carbonyl (C=O) groups excluding carboxylic acids is 2. The Morgan fingerprint density at radius 3 is 2.50 bits per heavy atom. The van der Waals surface area contributed by atoms with Crippen molar-refractivity contribution in [3.05, 3.63) is 59.9 Å². The van der Waals surface area contributed by atoms with Gasteiger partial charge in [-0.3, -0.25) is 19.9 Å². The molecule has 3 rings (SSSR count). The number of carbonyl (C=O) groups is 2. The predicted molar refractivity (Wildman–Crippen MR) is 106 cm³/mol. The number of amides is 2. The van der Waals surface area contributed by atoms with E-state index in [0.717, 1.165) is 17.3 Å². The third-order valence-corrected chi connectivity index (χ3v) is 4.73. The van der Waals surface area contributed by atoms with Crippen LogP contribution >= 0.6 is 11.8 Å². The highest BCUT2D eigenvalue weighted by Crippen LogP contribution is 2.23. The Labute approximate surface area is 167 Å². The second-order valence-electron chi connectivity index (χ2n) is 7.11. The number of hydrogen-bond acceptors (Lipinski definition) is 7. The van der Waals surface area contributed by atoms with Gasteiger partial charge in [-0.25, -0.2) is 0 Å². The van der Waals surface area contributed by atoms with E-state index in [2.05, 4.69) is 41.3 Å². The zero-order valence-corrected chi connectivity index (χ0v) is 16.6. The van der Waals surface area contributed by atoms with Crippen LogP contribution in [0.5, 0.6) is 0 Å². The SMILES string of the molecule is CC(C)(C)c1ccc(C(=O)NC(=O)CSc2nnc(-c3cccnc3)o2)cc1. The summed E-state index contributed by atoms with van der Waals surface area (Å²) in [6.07, 6.45) is 3.26. The van der Waals surface area contributed by atoms with Crippen LogP contribution in [0.4, 0.5) is 0 Å². The first-order valence-corrected chi connectivity index (χ1v) is 9.63. The van der Waals surface area contributed by atoms with Gasteiger partial charge in [-0.15, -0.1) is 10.2 Å². The quantitative estimate of drug-likeness (QED) is 0.659. The Kier molecular flexibility index (Phi) is 5.89. The molecular weight excluding hydrogens is 376 g/mol. The number of pyridine rings is 1. The van der Waals surface area contributed by atoms with Gasteiger partial charge in [0.1, 0.15) is 0 Å². The van der Waals surface area contributed by atoms with Crippen LogP contribution in [-0.4, -0.2) is 32.7 Å². The highest BCUT2D eigenvalue weighted by atomic mass is 32.2. The molecule has 0 radical (unpaired) electrons. The smallest absolute Gasteiger partial charge is 0.277 e. The zero-order chi connectivity index (χ0) is 20.1. The second kappa shape index (κ2) is 8.35. The summed E-state index contributed by atoms with van der Waals surface area (Å²) in [6, 6.07) is 10.8. The molecule has 0 unspecified atom stereocenters. The fourth-order valence-corrected chi connectivity index (χ4v) is 2.92. The van der Waals surface area contributed by atoms with E-state index in [-0.39, 0.29) is 16.4 Å². The van der Waals surface area contributed by atoms with Crippen molar-refractivity contribution < 1.29 is 14.0 Å². The molecule has 144 valence electrons. The molecule has 0 aliphatic heterocycles. The summed E-state index contributed by atoms with van der Waals surface area (Å²) in [5.74, 6) is -0.560. The maximum Gasteiger partial charge on any atom is 0.277 e. The van der Waals surface area contributed by atoms with E-state index in [4.69, 9.17) is 4.42 Å². The average molecular weight is 396 g/mol. The first-order valence-electron chi connectivity index (χ1n) is 8.64. The Morgan fingerprint density at radius 2 is 1.86 bits per heavy atom. The number of rotatable bonds is 5. The van der Waals surface area contributed by atoms with Gasteiger partial charge in [0.2, 0.25) is 11.8 Å². The minimum Gasteiger partial charge on any atom is -0.411 e. The number of aromatic nitrogens is 3. The third-order valence-electron chi connectivity index (χ3n) is 3.91. The molecule has 1 N–H and O–H groups in total. The van der Waals surface area contributed by atoms with Gasteiger partial charge >= 0.3 is 0 Å². The van der Waals surface area contributed by atoms with Crippen LogP contribution in [0.2, 0.25) is 0 Å². The summed E-state index contributed by atoms with van der Waals surface area (Å²) in [5, 5.41) is 10.4. The minimum atomic E-state index is -0.437. The Morgan fingerprint density at radius 1 is 1.11 bits per heavy atom. The lowest BCUT2D eigenvalue weighted by molar-refractivity contribution is -0.117. The van der Waals surface area contributed by atoms with E-state index in [1.54, 1.807) is 36.7 Å². The topological polar surface area (TPSA) is 98.0 Å². The first-order chi connectivity index (χ1) is 13.3. The Hall–Kier alpha value is -3.00. The van der Waals surface area contributed by atoms with Gasteiger partial charge in [-0.2, -0.15) is 0 Å². The number of imide groups is 1. The number of benzene rings is 1. The van der Waals surface area contributed by atoms with Crippen molar-refractivity contribution in [2.24, 2.45) is 0 Å². The molecule has 8 heteroatoms. The van der Waals surface area contributed by atoms with E-state index in [1.807, 2.05) is 12.1 Å². The van der Waals surface area contributed by atoms with Crippen LogP contribution < -0.4 is 5.32 Å². The fraction of sp³-hybridized carbons (Fsp3) is 0.250. The van der Waals surface area contributed by atoms with Crippen LogP contribution in [0.3, 0.4) is 0 Å². The van der Waals surface area contributed by atoms with Crippen molar-refractivity contribution in [1.82, 2.24) is 20.5 Å².